The van der Waals surface area contributed by atoms with Gasteiger partial charge < -0.3 is 4.90 Å². The van der Waals surface area contributed by atoms with E-state index in [4.69, 9.17) is 0 Å². The third-order valence-corrected chi connectivity index (χ3v) is 4.16. The number of hydrogen-bond donors (Lipinski definition) is 0. The van der Waals surface area contributed by atoms with E-state index in [1.165, 1.54) is 0 Å². The number of nitrogens with zero attached hydrogens (tertiary/aromatic N) is 3. The highest BCUT2D eigenvalue weighted by molar-refractivity contribution is 5.76. The first-order valence-corrected chi connectivity index (χ1v) is 7.53. The number of hydrogen-bond acceptors (Lipinski definition) is 4. The van der Waals surface area contributed by atoms with Gasteiger partial charge in [-0.15, -0.1) is 0 Å². The Balaban J connectivity index is 2.18. The molecule has 120 valence electrons. The Morgan fingerprint density at radius 2 is 2.09 bits per heavy atom. The van der Waals surface area contributed by atoms with Crippen molar-refractivity contribution in [3.05, 3.63) is 38.8 Å². The molecule has 22 heavy (non-hydrogen) atoms. The molecule has 1 aliphatic rings. The molecule has 1 amide bonds. The summed E-state index contributed by atoms with van der Waals surface area (Å²) in [4.78, 5) is 36.3. The van der Waals surface area contributed by atoms with Crippen molar-refractivity contribution in [1.29, 1.82) is 0 Å². The second kappa shape index (κ2) is 6.72. The highest BCUT2D eigenvalue weighted by Gasteiger charge is 2.25. The van der Waals surface area contributed by atoms with Crippen molar-refractivity contribution in [1.82, 2.24) is 9.47 Å². The number of nitro groups is 1. The summed E-state index contributed by atoms with van der Waals surface area (Å²) in [6.07, 6.45) is 4.25. The van der Waals surface area contributed by atoms with Gasteiger partial charge in [0.05, 0.1) is 11.1 Å². The van der Waals surface area contributed by atoms with E-state index in [1.807, 2.05) is 6.92 Å². The zero-order chi connectivity index (χ0) is 16.3. The van der Waals surface area contributed by atoms with E-state index in [0.717, 1.165) is 42.2 Å². The van der Waals surface area contributed by atoms with Crippen LogP contribution in [0.3, 0.4) is 0 Å². The van der Waals surface area contributed by atoms with Gasteiger partial charge in [-0.3, -0.25) is 24.3 Å². The molecule has 0 saturated carbocycles. The van der Waals surface area contributed by atoms with E-state index in [-0.39, 0.29) is 24.2 Å². The molecule has 0 N–H and O–H groups in total. The zero-order valence-electron chi connectivity index (χ0n) is 12.9. The van der Waals surface area contributed by atoms with Gasteiger partial charge in [-0.1, -0.05) is 13.3 Å². The van der Waals surface area contributed by atoms with Gasteiger partial charge >= 0.3 is 0 Å². The molecule has 1 fully saturated rings. The van der Waals surface area contributed by atoms with Gasteiger partial charge in [0, 0.05) is 24.7 Å². The Labute approximate surface area is 128 Å². The lowest BCUT2D eigenvalue weighted by molar-refractivity contribution is -0.385. The second-order valence-electron chi connectivity index (χ2n) is 6.04. The normalized spacial score (nSPS) is 22.2. The molecule has 0 aliphatic carbocycles. The summed E-state index contributed by atoms with van der Waals surface area (Å²) in [5.74, 6) is 0.263. The Morgan fingerprint density at radius 3 is 2.77 bits per heavy atom. The van der Waals surface area contributed by atoms with Gasteiger partial charge in [0.25, 0.3) is 11.2 Å². The van der Waals surface area contributed by atoms with Crippen LogP contribution in [0, 0.1) is 16.0 Å². The molecular weight excluding hydrogens is 286 g/mol. The lowest BCUT2D eigenvalue weighted by Gasteiger charge is -2.29. The SMILES string of the molecule is C[C@@H]1CCC[C@H](C)N(C(=O)Cn2cc([N+](=O)[O-])ccc2=O)C1. The van der Waals surface area contributed by atoms with Crippen molar-refractivity contribution in [2.24, 2.45) is 5.92 Å². The summed E-state index contributed by atoms with van der Waals surface area (Å²) < 4.78 is 1.11. The minimum absolute atomic E-state index is 0.131. The number of carbonyl (C=O) groups excluding carboxylic acids is 1. The third kappa shape index (κ3) is 3.72. The summed E-state index contributed by atoms with van der Waals surface area (Å²) in [5, 5.41) is 10.8. The molecule has 1 aromatic rings. The maximum atomic E-state index is 12.5. The van der Waals surface area contributed by atoms with Crippen LogP contribution in [0.15, 0.2) is 23.1 Å². The van der Waals surface area contributed by atoms with Crippen LogP contribution < -0.4 is 5.56 Å². The Bertz CT molecular complexity index is 625. The Morgan fingerprint density at radius 1 is 1.36 bits per heavy atom. The number of pyridine rings is 1. The van der Waals surface area contributed by atoms with Gasteiger partial charge in [-0.05, 0) is 25.7 Å². The highest BCUT2D eigenvalue weighted by Crippen LogP contribution is 2.21. The first-order chi connectivity index (χ1) is 10.4. The lowest BCUT2D eigenvalue weighted by Crippen LogP contribution is -2.42. The minimum atomic E-state index is -0.572. The molecule has 7 heteroatoms. The lowest BCUT2D eigenvalue weighted by atomic mass is 10.1. The summed E-state index contributed by atoms with van der Waals surface area (Å²) in [6, 6.07) is 2.41. The molecule has 2 rings (SSSR count). The highest BCUT2D eigenvalue weighted by atomic mass is 16.6. The molecule has 7 nitrogen and oxygen atoms in total. The fraction of sp³-hybridized carbons (Fsp3) is 0.600. The van der Waals surface area contributed by atoms with Gasteiger partial charge in [-0.25, -0.2) is 0 Å². The number of rotatable bonds is 3. The number of likely N-dealkylation sites (tertiary alicyclic amines) is 1. The average molecular weight is 307 g/mol. The first kappa shape index (κ1) is 16.2. The van der Waals surface area contributed by atoms with E-state index in [1.54, 1.807) is 4.90 Å². The molecule has 0 spiro atoms. The quantitative estimate of drug-likeness (QED) is 0.629. The number of amides is 1. The third-order valence-electron chi connectivity index (χ3n) is 4.16. The largest absolute Gasteiger partial charge is 0.338 e. The van der Waals surface area contributed by atoms with E-state index >= 15 is 0 Å². The predicted molar refractivity (Wildman–Crippen MR) is 81.5 cm³/mol. The van der Waals surface area contributed by atoms with Crippen LogP contribution in [0.2, 0.25) is 0 Å². The molecule has 1 aromatic heterocycles. The van der Waals surface area contributed by atoms with Crippen molar-refractivity contribution in [2.75, 3.05) is 6.54 Å². The smallest absolute Gasteiger partial charge is 0.285 e. The first-order valence-electron chi connectivity index (χ1n) is 7.53. The van der Waals surface area contributed by atoms with Crippen LogP contribution in [0.25, 0.3) is 0 Å². The van der Waals surface area contributed by atoms with E-state index in [0.29, 0.717) is 12.5 Å². The van der Waals surface area contributed by atoms with Crippen molar-refractivity contribution >= 4 is 11.6 Å². The van der Waals surface area contributed by atoms with Crippen LogP contribution in [0.4, 0.5) is 5.69 Å². The molecule has 0 aromatic carbocycles. The minimum Gasteiger partial charge on any atom is -0.338 e. The van der Waals surface area contributed by atoms with Crippen molar-refractivity contribution in [3.63, 3.8) is 0 Å². The predicted octanol–water partition coefficient (Wildman–Crippen LogP) is 1.79. The molecule has 2 heterocycles. The van der Waals surface area contributed by atoms with Gasteiger partial charge in [0.15, 0.2) is 0 Å². The maximum absolute atomic E-state index is 12.5. The molecule has 0 radical (unpaired) electrons. The topological polar surface area (TPSA) is 85.4 Å². The van der Waals surface area contributed by atoms with Gasteiger partial charge in [0.1, 0.15) is 6.54 Å². The second-order valence-corrected chi connectivity index (χ2v) is 6.04. The van der Waals surface area contributed by atoms with Gasteiger partial charge in [-0.2, -0.15) is 0 Å². The van der Waals surface area contributed by atoms with Crippen molar-refractivity contribution < 1.29 is 9.72 Å². The summed E-state index contributed by atoms with van der Waals surface area (Å²) in [6.45, 7) is 4.63. The fourth-order valence-corrected chi connectivity index (χ4v) is 2.86. The Kier molecular flexibility index (Phi) is 4.95. The Hall–Kier alpha value is -2.18. The van der Waals surface area contributed by atoms with Gasteiger partial charge in [0.2, 0.25) is 5.91 Å². The standard InChI is InChI=1S/C15H21N3O4/c1-11-4-3-5-12(2)17(8-11)15(20)10-16-9-13(18(21)22)6-7-14(16)19/h6-7,9,11-12H,3-5,8,10H2,1-2H3/t11-,12+/m1/s1. The zero-order valence-corrected chi connectivity index (χ0v) is 12.9. The van der Waals surface area contributed by atoms with Crippen LogP contribution in [-0.2, 0) is 11.3 Å². The van der Waals surface area contributed by atoms with Crippen molar-refractivity contribution in [3.8, 4) is 0 Å². The van der Waals surface area contributed by atoms with E-state index < -0.39 is 10.5 Å². The number of aromatic nitrogens is 1. The van der Waals surface area contributed by atoms with Crippen LogP contribution >= 0.6 is 0 Å². The summed E-state index contributed by atoms with van der Waals surface area (Å²) in [7, 11) is 0. The number of carbonyl (C=O) groups is 1. The average Bonchev–Trinajstić information content (AvgIpc) is 2.62. The molecule has 0 bridgehead atoms. The monoisotopic (exact) mass is 307 g/mol. The van der Waals surface area contributed by atoms with Crippen LogP contribution in [-0.4, -0.2) is 32.9 Å². The van der Waals surface area contributed by atoms with Crippen LogP contribution in [0.5, 0.6) is 0 Å². The molecule has 0 unspecified atom stereocenters. The maximum Gasteiger partial charge on any atom is 0.285 e. The van der Waals surface area contributed by atoms with Crippen molar-refractivity contribution in [2.45, 2.75) is 45.7 Å². The van der Waals surface area contributed by atoms with E-state index in [2.05, 4.69) is 6.92 Å². The summed E-state index contributed by atoms with van der Waals surface area (Å²) in [5.41, 5.74) is -0.598. The molecule has 1 aliphatic heterocycles. The molecular formula is C15H21N3O4. The van der Waals surface area contributed by atoms with E-state index in [9.17, 15) is 19.7 Å². The summed E-state index contributed by atoms with van der Waals surface area (Å²) >= 11 is 0. The molecule has 2 atom stereocenters. The van der Waals surface area contributed by atoms with Crippen LogP contribution in [0.1, 0.15) is 33.1 Å². The fourth-order valence-electron chi connectivity index (χ4n) is 2.86. The molecule has 1 saturated heterocycles.